The maximum Gasteiger partial charge on any atom is 0.252 e. The molecule has 0 fully saturated rings. The monoisotopic (exact) mass is 484 g/mol. The van der Waals surface area contributed by atoms with E-state index in [2.05, 4.69) is 17.4 Å². The van der Waals surface area contributed by atoms with Gasteiger partial charge in [0.15, 0.2) is 0 Å². The van der Waals surface area contributed by atoms with E-state index in [0.29, 0.717) is 18.7 Å². The Bertz CT molecular complexity index is 1290. The van der Waals surface area contributed by atoms with Crippen molar-refractivity contribution in [1.82, 2.24) is 20.0 Å². The molecule has 4 rings (SSSR count). The van der Waals surface area contributed by atoms with Gasteiger partial charge in [-0.05, 0) is 17.7 Å². The van der Waals surface area contributed by atoms with E-state index in [1.807, 2.05) is 77.6 Å². The third-order valence-electron chi connectivity index (χ3n) is 5.49. The molecule has 2 amide bonds. The normalized spacial score (nSPS) is 10.7. The summed E-state index contributed by atoms with van der Waals surface area (Å²) < 4.78 is 1.91. The standard InChI is InChI=1S/C28H28N4O2S/c1-31(2)26(33)20-35-25-16-10-9-15-24(25)28(34)29-17-23-19-32(18-21-11-5-3-6-12-21)30-27(23)22-13-7-4-8-14-22/h3-16,19H,17-18,20H2,1-2H3,(H,29,34). The van der Waals surface area contributed by atoms with Crippen molar-refractivity contribution in [2.24, 2.45) is 0 Å². The molecule has 6 nitrogen and oxygen atoms in total. The van der Waals surface area contributed by atoms with Gasteiger partial charge >= 0.3 is 0 Å². The first-order chi connectivity index (χ1) is 17.0. The van der Waals surface area contributed by atoms with Crippen LogP contribution in [-0.4, -0.2) is 46.3 Å². The van der Waals surface area contributed by atoms with E-state index in [-0.39, 0.29) is 17.6 Å². The van der Waals surface area contributed by atoms with Gasteiger partial charge in [0.1, 0.15) is 0 Å². The number of carbonyl (C=O) groups excluding carboxylic acids is 2. The molecule has 0 aliphatic carbocycles. The van der Waals surface area contributed by atoms with Gasteiger partial charge < -0.3 is 10.2 Å². The Morgan fingerprint density at radius 3 is 2.29 bits per heavy atom. The van der Waals surface area contributed by atoms with Crippen molar-refractivity contribution in [3.05, 3.63) is 108 Å². The second-order valence-corrected chi connectivity index (χ2v) is 9.33. The number of hydrogen-bond donors (Lipinski definition) is 1. The molecule has 0 bridgehead atoms. The number of nitrogens with one attached hydrogen (secondary N) is 1. The third-order valence-corrected chi connectivity index (χ3v) is 6.55. The lowest BCUT2D eigenvalue weighted by Gasteiger charge is -2.12. The number of carbonyl (C=O) groups is 2. The van der Waals surface area contributed by atoms with Gasteiger partial charge in [-0.1, -0.05) is 72.8 Å². The fourth-order valence-electron chi connectivity index (χ4n) is 3.60. The summed E-state index contributed by atoms with van der Waals surface area (Å²) in [6, 6.07) is 27.5. The van der Waals surface area contributed by atoms with Crippen LogP contribution < -0.4 is 5.32 Å². The zero-order valence-corrected chi connectivity index (χ0v) is 20.7. The van der Waals surface area contributed by atoms with Gasteiger partial charge in [-0.3, -0.25) is 14.3 Å². The molecule has 0 aliphatic rings. The first-order valence-corrected chi connectivity index (χ1v) is 12.4. The molecule has 7 heteroatoms. The van der Waals surface area contributed by atoms with E-state index in [1.54, 1.807) is 25.1 Å². The van der Waals surface area contributed by atoms with Crippen LogP contribution in [0, 0.1) is 0 Å². The van der Waals surface area contributed by atoms with E-state index in [4.69, 9.17) is 5.10 Å². The van der Waals surface area contributed by atoms with E-state index >= 15 is 0 Å². The smallest absolute Gasteiger partial charge is 0.252 e. The Balaban J connectivity index is 1.52. The molecule has 1 N–H and O–H groups in total. The number of thioether (sulfide) groups is 1. The number of aromatic nitrogens is 2. The van der Waals surface area contributed by atoms with E-state index < -0.39 is 0 Å². The summed E-state index contributed by atoms with van der Waals surface area (Å²) in [7, 11) is 3.45. The summed E-state index contributed by atoms with van der Waals surface area (Å²) in [4.78, 5) is 27.5. The molecule has 0 saturated heterocycles. The van der Waals surface area contributed by atoms with Gasteiger partial charge in [-0.25, -0.2) is 0 Å². The zero-order valence-electron chi connectivity index (χ0n) is 19.8. The van der Waals surface area contributed by atoms with Gasteiger partial charge in [0.25, 0.3) is 5.91 Å². The van der Waals surface area contributed by atoms with Crippen molar-refractivity contribution >= 4 is 23.6 Å². The number of hydrogen-bond acceptors (Lipinski definition) is 4. The Kier molecular flexibility index (Phi) is 8.00. The quantitative estimate of drug-likeness (QED) is 0.350. The van der Waals surface area contributed by atoms with Crippen molar-refractivity contribution < 1.29 is 9.59 Å². The summed E-state index contributed by atoms with van der Waals surface area (Å²) in [5.41, 5.74) is 4.50. The molecular weight excluding hydrogens is 456 g/mol. The molecule has 0 unspecified atom stereocenters. The van der Waals surface area contributed by atoms with Gasteiger partial charge in [-0.2, -0.15) is 5.10 Å². The molecule has 0 saturated carbocycles. The number of benzene rings is 3. The van der Waals surface area contributed by atoms with E-state index in [9.17, 15) is 9.59 Å². The SMILES string of the molecule is CN(C)C(=O)CSc1ccccc1C(=O)NCc1cn(Cc2ccccc2)nc1-c1ccccc1. The van der Waals surface area contributed by atoms with Crippen molar-refractivity contribution in [3.63, 3.8) is 0 Å². The van der Waals surface area contributed by atoms with Crippen LogP contribution in [-0.2, 0) is 17.9 Å². The predicted molar refractivity (Wildman–Crippen MR) is 140 cm³/mol. The molecule has 1 heterocycles. The average molecular weight is 485 g/mol. The van der Waals surface area contributed by atoms with Crippen LogP contribution >= 0.6 is 11.8 Å². The number of rotatable bonds is 9. The molecule has 0 atom stereocenters. The largest absolute Gasteiger partial charge is 0.348 e. The summed E-state index contributed by atoms with van der Waals surface area (Å²) in [5, 5.41) is 7.88. The van der Waals surface area contributed by atoms with Gasteiger partial charge in [0.2, 0.25) is 5.91 Å². The van der Waals surface area contributed by atoms with Gasteiger partial charge in [0.05, 0.1) is 23.6 Å². The molecular formula is C28H28N4O2S. The number of nitrogens with zero attached hydrogens (tertiary/aromatic N) is 3. The molecule has 0 aliphatic heterocycles. The predicted octanol–water partition coefficient (Wildman–Crippen LogP) is 4.71. The maximum atomic E-state index is 13.1. The van der Waals surface area contributed by atoms with Crippen molar-refractivity contribution in [2.45, 2.75) is 18.0 Å². The van der Waals surface area contributed by atoms with Crippen molar-refractivity contribution in [2.75, 3.05) is 19.8 Å². The lowest BCUT2D eigenvalue weighted by atomic mass is 10.1. The first-order valence-electron chi connectivity index (χ1n) is 11.4. The van der Waals surface area contributed by atoms with Crippen molar-refractivity contribution in [1.29, 1.82) is 0 Å². The minimum atomic E-state index is -0.180. The van der Waals surface area contributed by atoms with E-state index in [1.165, 1.54) is 11.8 Å². The van der Waals surface area contributed by atoms with Crippen LogP contribution in [0.2, 0.25) is 0 Å². The summed E-state index contributed by atoms with van der Waals surface area (Å²) in [6.45, 7) is 0.988. The molecule has 3 aromatic carbocycles. The average Bonchev–Trinajstić information content (AvgIpc) is 3.29. The van der Waals surface area contributed by atoms with Crippen LogP contribution in [0.4, 0.5) is 0 Å². The fraction of sp³-hybridized carbons (Fsp3) is 0.179. The molecule has 0 spiro atoms. The molecule has 178 valence electrons. The van der Waals surface area contributed by atoms with E-state index in [0.717, 1.165) is 27.3 Å². The van der Waals surface area contributed by atoms with Crippen LogP contribution in [0.3, 0.4) is 0 Å². The Labute approximate surface area is 210 Å². The van der Waals surface area contributed by atoms with Crippen LogP contribution in [0.5, 0.6) is 0 Å². The maximum absolute atomic E-state index is 13.1. The molecule has 35 heavy (non-hydrogen) atoms. The fourth-order valence-corrected chi connectivity index (χ4v) is 4.63. The minimum absolute atomic E-state index is 0.00328. The molecule has 1 aromatic heterocycles. The van der Waals surface area contributed by atoms with Crippen LogP contribution in [0.15, 0.2) is 96.0 Å². The molecule has 0 radical (unpaired) electrons. The summed E-state index contributed by atoms with van der Waals surface area (Å²) >= 11 is 1.37. The van der Waals surface area contributed by atoms with Crippen LogP contribution in [0.25, 0.3) is 11.3 Å². The Morgan fingerprint density at radius 1 is 0.914 bits per heavy atom. The highest BCUT2D eigenvalue weighted by Gasteiger charge is 2.16. The lowest BCUT2D eigenvalue weighted by Crippen LogP contribution is -2.25. The molecule has 4 aromatic rings. The van der Waals surface area contributed by atoms with Gasteiger partial charge in [-0.15, -0.1) is 11.8 Å². The Hall–Kier alpha value is -3.84. The first kappa shape index (κ1) is 24.3. The van der Waals surface area contributed by atoms with Crippen LogP contribution in [0.1, 0.15) is 21.5 Å². The Morgan fingerprint density at radius 2 is 1.57 bits per heavy atom. The number of amides is 2. The summed E-state index contributed by atoms with van der Waals surface area (Å²) in [6.07, 6.45) is 1.99. The zero-order chi connectivity index (χ0) is 24.6. The van der Waals surface area contributed by atoms with Crippen molar-refractivity contribution in [3.8, 4) is 11.3 Å². The topological polar surface area (TPSA) is 67.2 Å². The second-order valence-electron chi connectivity index (χ2n) is 8.31. The van der Waals surface area contributed by atoms with Gasteiger partial charge in [0, 0.05) is 42.9 Å². The third kappa shape index (κ3) is 6.39. The highest BCUT2D eigenvalue weighted by molar-refractivity contribution is 8.00. The second kappa shape index (κ2) is 11.5. The highest BCUT2D eigenvalue weighted by Crippen LogP contribution is 2.25. The summed E-state index contributed by atoms with van der Waals surface area (Å²) in [5.74, 6) is 0.102. The highest BCUT2D eigenvalue weighted by atomic mass is 32.2. The lowest BCUT2D eigenvalue weighted by molar-refractivity contribution is -0.125. The minimum Gasteiger partial charge on any atom is -0.348 e.